The lowest BCUT2D eigenvalue weighted by atomic mass is 9.92. The van der Waals surface area contributed by atoms with E-state index in [1.54, 1.807) is 25.3 Å². The van der Waals surface area contributed by atoms with Crippen LogP contribution in [0.5, 0.6) is 5.75 Å². The smallest absolute Gasteiger partial charge is 0.128 e. The SMILES string of the molecule is COc1ccc2[nH]nnc2c1C1=CC=C(O)CC1O. The van der Waals surface area contributed by atoms with Crippen LogP contribution in [-0.2, 0) is 0 Å². The fourth-order valence-electron chi connectivity index (χ4n) is 2.27. The average molecular weight is 259 g/mol. The number of aromatic amines is 1. The lowest BCUT2D eigenvalue weighted by molar-refractivity contribution is 0.208. The minimum Gasteiger partial charge on any atom is -0.512 e. The Morgan fingerprint density at radius 2 is 2.21 bits per heavy atom. The van der Waals surface area contributed by atoms with Crippen molar-refractivity contribution in [1.82, 2.24) is 15.4 Å². The zero-order valence-electron chi connectivity index (χ0n) is 10.3. The highest BCUT2D eigenvalue weighted by atomic mass is 16.5. The summed E-state index contributed by atoms with van der Waals surface area (Å²) in [5, 5.41) is 30.1. The van der Waals surface area contributed by atoms with Gasteiger partial charge >= 0.3 is 0 Å². The standard InChI is InChI=1S/C13H13N3O3/c1-19-11-5-4-9-13(15-16-14-9)12(11)8-3-2-7(17)6-10(8)18/h2-5,10,17-18H,6H2,1H3,(H,14,15,16). The summed E-state index contributed by atoms with van der Waals surface area (Å²) in [7, 11) is 1.56. The van der Waals surface area contributed by atoms with Gasteiger partial charge in [0.25, 0.3) is 0 Å². The zero-order valence-corrected chi connectivity index (χ0v) is 10.3. The van der Waals surface area contributed by atoms with Crippen LogP contribution in [0.2, 0.25) is 0 Å². The number of ether oxygens (including phenoxy) is 1. The second-order valence-electron chi connectivity index (χ2n) is 4.35. The average Bonchev–Trinajstić information content (AvgIpc) is 2.86. The van der Waals surface area contributed by atoms with Gasteiger partial charge in [0.05, 0.1) is 30.1 Å². The summed E-state index contributed by atoms with van der Waals surface area (Å²) in [6.45, 7) is 0. The highest BCUT2D eigenvalue weighted by Crippen LogP contribution is 2.36. The van der Waals surface area contributed by atoms with Gasteiger partial charge in [-0.2, -0.15) is 0 Å². The molecule has 98 valence electrons. The van der Waals surface area contributed by atoms with Gasteiger partial charge in [-0.1, -0.05) is 11.3 Å². The molecule has 1 atom stereocenters. The largest absolute Gasteiger partial charge is 0.512 e. The number of methoxy groups -OCH3 is 1. The Balaban J connectivity index is 2.26. The van der Waals surface area contributed by atoms with E-state index in [0.717, 1.165) is 5.52 Å². The van der Waals surface area contributed by atoms with E-state index in [1.165, 1.54) is 0 Å². The Morgan fingerprint density at radius 1 is 1.37 bits per heavy atom. The first-order valence-electron chi connectivity index (χ1n) is 5.86. The van der Waals surface area contributed by atoms with Gasteiger partial charge in [-0.05, 0) is 23.8 Å². The lowest BCUT2D eigenvalue weighted by Gasteiger charge is -2.20. The topological polar surface area (TPSA) is 91.3 Å². The molecule has 1 heterocycles. The van der Waals surface area contributed by atoms with Crippen molar-refractivity contribution in [2.24, 2.45) is 0 Å². The maximum atomic E-state index is 10.1. The molecule has 19 heavy (non-hydrogen) atoms. The summed E-state index contributed by atoms with van der Waals surface area (Å²) in [5.41, 5.74) is 2.77. The fraction of sp³-hybridized carbons (Fsp3) is 0.231. The molecule has 0 amide bonds. The first-order valence-corrected chi connectivity index (χ1v) is 5.86. The van der Waals surface area contributed by atoms with E-state index < -0.39 is 6.10 Å². The summed E-state index contributed by atoms with van der Waals surface area (Å²) in [4.78, 5) is 0. The van der Waals surface area contributed by atoms with Gasteiger partial charge in [-0.15, -0.1) is 5.10 Å². The number of hydrogen-bond donors (Lipinski definition) is 3. The lowest BCUT2D eigenvalue weighted by Crippen LogP contribution is -2.14. The number of nitrogens with one attached hydrogen (secondary N) is 1. The molecule has 0 aliphatic heterocycles. The third-order valence-corrected chi connectivity index (χ3v) is 3.19. The monoisotopic (exact) mass is 259 g/mol. The van der Waals surface area contributed by atoms with Crippen LogP contribution in [0.1, 0.15) is 12.0 Å². The van der Waals surface area contributed by atoms with Crippen LogP contribution < -0.4 is 4.74 Å². The number of rotatable bonds is 2. The fourth-order valence-corrected chi connectivity index (χ4v) is 2.27. The predicted molar refractivity (Wildman–Crippen MR) is 69.8 cm³/mol. The Hall–Kier alpha value is -2.34. The molecule has 1 aromatic heterocycles. The number of benzene rings is 1. The molecule has 1 aromatic carbocycles. The number of nitrogens with zero attached hydrogens (tertiary/aromatic N) is 2. The quantitative estimate of drug-likeness (QED) is 0.761. The van der Waals surface area contributed by atoms with Crippen molar-refractivity contribution >= 4 is 16.6 Å². The highest BCUT2D eigenvalue weighted by molar-refractivity contribution is 5.93. The van der Waals surface area contributed by atoms with Crippen LogP contribution in [0.4, 0.5) is 0 Å². The van der Waals surface area contributed by atoms with Crippen molar-refractivity contribution < 1.29 is 14.9 Å². The van der Waals surface area contributed by atoms with Crippen molar-refractivity contribution in [3.05, 3.63) is 35.6 Å². The number of aliphatic hydroxyl groups excluding tert-OH is 2. The molecule has 0 saturated heterocycles. The van der Waals surface area contributed by atoms with E-state index in [4.69, 9.17) is 4.74 Å². The number of aromatic nitrogens is 3. The second-order valence-corrected chi connectivity index (χ2v) is 4.35. The van der Waals surface area contributed by atoms with Gasteiger partial charge in [0, 0.05) is 6.42 Å². The molecular formula is C13H13N3O3. The normalized spacial score (nSPS) is 19.2. The van der Waals surface area contributed by atoms with E-state index >= 15 is 0 Å². The van der Waals surface area contributed by atoms with E-state index in [0.29, 0.717) is 22.4 Å². The summed E-state index contributed by atoms with van der Waals surface area (Å²) in [6.07, 6.45) is 2.64. The van der Waals surface area contributed by atoms with Crippen LogP contribution in [0.3, 0.4) is 0 Å². The molecule has 1 unspecified atom stereocenters. The number of allylic oxidation sites excluding steroid dienone is 2. The summed E-state index contributed by atoms with van der Waals surface area (Å²) < 4.78 is 5.33. The van der Waals surface area contributed by atoms with Crippen molar-refractivity contribution in [3.8, 4) is 5.75 Å². The third-order valence-electron chi connectivity index (χ3n) is 3.19. The number of aliphatic hydroxyl groups is 2. The molecule has 0 fully saturated rings. The Bertz CT molecular complexity index is 687. The first-order chi connectivity index (χ1) is 9.20. The minimum atomic E-state index is -0.791. The van der Waals surface area contributed by atoms with Crippen LogP contribution in [0, 0.1) is 0 Å². The van der Waals surface area contributed by atoms with Crippen molar-refractivity contribution in [2.45, 2.75) is 12.5 Å². The summed E-state index contributed by atoms with van der Waals surface area (Å²) in [5.74, 6) is 0.768. The molecule has 6 nitrogen and oxygen atoms in total. The van der Waals surface area contributed by atoms with Gasteiger partial charge in [0.2, 0.25) is 0 Å². The molecule has 1 aliphatic rings. The van der Waals surface area contributed by atoms with Gasteiger partial charge in [0.15, 0.2) is 0 Å². The van der Waals surface area contributed by atoms with E-state index in [-0.39, 0.29) is 12.2 Å². The molecule has 2 aromatic rings. The van der Waals surface area contributed by atoms with Crippen LogP contribution in [0.15, 0.2) is 30.0 Å². The Kier molecular flexibility index (Phi) is 2.72. The van der Waals surface area contributed by atoms with Crippen molar-refractivity contribution in [3.63, 3.8) is 0 Å². The molecular weight excluding hydrogens is 246 g/mol. The number of hydrogen-bond acceptors (Lipinski definition) is 5. The van der Waals surface area contributed by atoms with Gasteiger partial charge < -0.3 is 14.9 Å². The van der Waals surface area contributed by atoms with Gasteiger partial charge in [0.1, 0.15) is 11.3 Å². The number of H-pyrrole nitrogens is 1. The second kappa shape index (κ2) is 4.40. The van der Waals surface area contributed by atoms with E-state index in [9.17, 15) is 10.2 Å². The molecule has 0 bridgehead atoms. The van der Waals surface area contributed by atoms with Gasteiger partial charge in [-0.25, -0.2) is 0 Å². The summed E-state index contributed by atoms with van der Waals surface area (Å²) >= 11 is 0. The van der Waals surface area contributed by atoms with Crippen LogP contribution in [0.25, 0.3) is 16.6 Å². The van der Waals surface area contributed by atoms with E-state index in [2.05, 4.69) is 15.4 Å². The van der Waals surface area contributed by atoms with Crippen LogP contribution >= 0.6 is 0 Å². The predicted octanol–water partition coefficient (Wildman–Crippen LogP) is 1.56. The Morgan fingerprint density at radius 3 is 2.95 bits per heavy atom. The molecule has 3 N–H and O–H groups in total. The van der Waals surface area contributed by atoms with Crippen molar-refractivity contribution in [1.29, 1.82) is 0 Å². The molecule has 0 radical (unpaired) electrons. The minimum absolute atomic E-state index is 0.155. The highest BCUT2D eigenvalue weighted by Gasteiger charge is 2.24. The maximum absolute atomic E-state index is 10.1. The summed E-state index contributed by atoms with van der Waals surface area (Å²) in [6, 6.07) is 3.62. The zero-order chi connectivity index (χ0) is 13.4. The molecule has 3 rings (SSSR count). The Labute approximate surface area is 109 Å². The first kappa shape index (κ1) is 11.7. The van der Waals surface area contributed by atoms with Crippen molar-refractivity contribution in [2.75, 3.05) is 7.11 Å². The van der Waals surface area contributed by atoms with E-state index in [1.807, 2.05) is 6.07 Å². The molecule has 0 spiro atoms. The third kappa shape index (κ3) is 1.86. The maximum Gasteiger partial charge on any atom is 0.128 e. The molecule has 1 aliphatic carbocycles. The number of fused-ring (bicyclic) bond motifs is 1. The van der Waals surface area contributed by atoms with Crippen LogP contribution in [-0.4, -0.2) is 38.8 Å². The molecule has 0 saturated carbocycles. The van der Waals surface area contributed by atoms with Gasteiger partial charge in [-0.3, -0.25) is 5.10 Å². The molecule has 6 heteroatoms.